The molecule has 0 bridgehead atoms. The molecule has 1 atom stereocenters. The lowest BCUT2D eigenvalue weighted by molar-refractivity contribution is -0.168. The minimum atomic E-state index is -0.732. The monoisotopic (exact) mass is 735 g/mol. The zero-order chi connectivity index (χ0) is 37.8. The summed E-state index contributed by atoms with van der Waals surface area (Å²) in [6.07, 6.45) is 50.7. The van der Waals surface area contributed by atoms with Gasteiger partial charge in [-0.3, -0.25) is 4.79 Å². The van der Waals surface area contributed by atoms with E-state index in [4.69, 9.17) is 9.47 Å². The Kier molecular flexibility index (Phi) is 43.4. The zero-order valence-electron chi connectivity index (χ0n) is 35.9. The first kappa shape index (κ1) is 50.9. The van der Waals surface area contributed by atoms with Gasteiger partial charge in [-0.1, -0.05) is 252 Å². The number of rotatable bonds is 44. The predicted molar refractivity (Wildman–Crippen MR) is 227 cm³/mol. The van der Waals surface area contributed by atoms with E-state index in [1.54, 1.807) is 0 Å². The molecule has 0 heterocycles. The van der Waals surface area contributed by atoms with Crippen LogP contribution in [-0.4, -0.2) is 24.6 Å². The first-order valence-electron chi connectivity index (χ1n) is 24.0. The molecule has 0 saturated heterocycles. The van der Waals surface area contributed by atoms with Gasteiger partial charge in [0, 0.05) is 6.42 Å². The van der Waals surface area contributed by atoms with Crippen LogP contribution in [-0.2, 0) is 19.1 Å². The first-order chi connectivity index (χ1) is 25.7. The molecule has 0 saturated carbocycles. The van der Waals surface area contributed by atoms with E-state index in [9.17, 15) is 9.59 Å². The van der Waals surface area contributed by atoms with Crippen LogP contribution in [0.5, 0.6) is 0 Å². The average molecular weight is 735 g/mol. The highest BCUT2D eigenvalue weighted by molar-refractivity contribution is 5.79. The Labute approximate surface area is 326 Å². The number of hydrogen-bond acceptors (Lipinski definition) is 4. The number of unbranched alkanes of at least 4 members (excludes halogenated alkanes) is 36. The van der Waals surface area contributed by atoms with Crippen molar-refractivity contribution in [2.24, 2.45) is 0 Å². The standard InChI is InChI=1S/C48H94O4/c1-4-7-10-13-16-19-22-25-27-30-33-36-39-42-45-51-48(50)46(43-40-37-34-31-28-24-21-18-15-12-9-6-3)52-47(49)44-41-38-35-32-29-26-23-20-17-14-11-8-5-2/h46H,4-45H2,1-3H3. The van der Waals surface area contributed by atoms with Crippen molar-refractivity contribution in [1.82, 2.24) is 0 Å². The van der Waals surface area contributed by atoms with Crippen molar-refractivity contribution >= 4 is 11.9 Å². The third-order valence-electron chi connectivity index (χ3n) is 11.1. The van der Waals surface area contributed by atoms with Gasteiger partial charge in [-0.05, 0) is 25.7 Å². The first-order valence-corrected chi connectivity index (χ1v) is 24.0. The minimum Gasteiger partial charge on any atom is -0.463 e. The fourth-order valence-electron chi connectivity index (χ4n) is 7.46. The fraction of sp³-hybridized carbons (Fsp3) is 0.958. The number of carbonyl (C=O) groups is 2. The van der Waals surface area contributed by atoms with Gasteiger partial charge in [0.25, 0.3) is 0 Å². The molecule has 4 nitrogen and oxygen atoms in total. The van der Waals surface area contributed by atoms with Crippen molar-refractivity contribution in [3.05, 3.63) is 0 Å². The molecule has 0 amide bonds. The molecule has 0 rings (SSSR count). The lowest BCUT2D eigenvalue weighted by atomic mass is 10.0. The van der Waals surface area contributed by atoms with Gasteiger partial charge in [0.05, 0.1) is 6.61 Å². The second-order valence-corrected chi connectivity index (χ2v) is 16.4. The second kappa shape index (κ2) is 44.3. The molecule has 0 aliphatic heterocycles. The van der Waals surface area contributed by atoms with Crippen molar-refractivity contribution in [2.75, 3.05) is 6.61 Å². The lowest BCUT2D eigenvalue weighted by Crippen LogP contribution is -2.29. The Morgan fingerprint density at radius 2 is 0.615 bits per heavy atom. The summed E-state index contributed by atoms with van der Waals surface area (Å²) in [6, 6.07) is 0. The van der Waals surface area contributed by atoms with Crippen molar-refractivity contribution in [3.8, 4) is 0 Å². The van der Waals surface area contributed by atoms with E-state index in [0.29, 0.717) is 19.4 Å². The van der Waals surface area contributed by atoms with E-state index in [0.717, 1.165) is 38.5 Å². The number of ether oxygens (including phenoxy) is 2. The molecule has 0 fully saturated rings. The van der Waals surface area contributed by atoms with Gasteiger partial charge < -0.3 is 9.47 Å². The molecular weight excluding hydrogens is 641 g/mol. The molecule has 0 aromatic rings. The highest BCUT2D eigenvalue weighted by atomic mass is 16.6. The molecule has 4 heteroatoms. The van der Waals surface area contributed by atoms with Crippen molar-refractivity contribution < 1.29 is 19.1 Å². The Morgan fingerprint density at radius 3 is 0.942 bits per heavy atom. The number of esters is 2. The van der Waals surface area contributed by atoms with Crippen LogP contribution in [0.25, 0.3) is 0 Å². The third kappa shape index (κ3) is 40.1. The SMILES string of the molecule is CCCCCCCCCCCCCCCCOC(=O)C(CCCCCCCCCCCCCC)OC(=O)CCCCCCCCCCCCCCC. The van der Waals surface area contributed by atoms with Crippen LogP contribution in [0.1, 0.15) is 284 Å². The fourth-order valence-corrected chi connectivity index (χ4v) is 7.46. The Morgan fingerprint density at radius 1 is 0.346 bits per heavy atom. The lowest BCUT2D eigenvalue weighted by Gasteiger charge is -2.17. The molecule has 0 aliphatic carbocycles. The summed E-state index contributed by atoms with van der Waals surface area (Å²) in [5.74, 6) is -0.545. The van der Waals surface area contributed by atoms with E-state index in [1.807, 2.05) is 0 Å². The summed E-state index contributed by atoms with van der Waals surface area (Å²) >= 11 is 0. The van der Waals surface area contributed by atoms with Crippen LogP contribution in [0.15, 0.2) is 0 Å². The van der Waals surface area contributed by atoms with Crippen LogP contribution < -0.4 is 0 Å². The van der Waals surface area contributed by atoms with Crippen LogP contribution in [0, 0.1) is 0 Å². The van der Waals surface area contributed by atoms with Gasteiger partial charge in [-0.15, -0.1) is 0 Å². The zero-order valence-corrected chi connectivity index (χ0v) is 35.9. The number of hydrogen-bond donors (Lipinski definition) is 0. The average Bonchev–Trinajstić information content (AvgIpc) is 3.14. The van der Waals surface area contributed by atoms with Gasteiger partial charge in [-0.25, -0.2) is 4.79 Å². The Bertz CT molecular complexity index is 706. The normalized spacial score (nSPS) is 12.0. The second-order valence-electron chi connectivity index (χ2n) is 16.4. The summed E-state index contributed by atoms with van der Waals surface area (Å²) in [6.45, 7) is 7.28. The maximum absolute atomic E-state index is 13.0. The van der Waals surface area contributed by atoms with Gasteiger partial charge in [0.2, 0.25) is 0 Å². The molecular formula is C48H94O4. The maximum atomic E-state index is 13.0. The largest absolute Gasteiger partial charge is 0.463 e. The molecule has 1 unspecified atom stereocenters. The Hall–Kier alpha value is -1.06. The molecule has 52 heavy (non-hydrogen) atoms. The van der Waals surface area contributed by atoms with Crippen molar-refractivity contribution in [1.29, 1.82) is 0 Å². The van der Waals surface area contributed by atoms with E-state index in [2.05, 4.69) is 20.8 Å². The molecule has 0 aromatic carbocycles. The van der Waals surface area contributed by atoms with Gasteiger partial charge in [0.15, 0.2) is 6.10 Å². The molecule has 0 N–H and O–H groups in total. The Balaban J connectivity index is 4.19. The van der Waals surface area contributed by atoms with Gasteiger partial charge >= 0.3 is 11.9 Å². The van der Waals surface area contributed by atoms with Crippen LogP contribution in [0.4, 0.5) is 0 Å². The molecule has 0 aliphatic rings. The van der Waals surface area contributed by atoms with Crippen molar-refractivity contribution in [2.45, 2.75) is 290 Å². The summed E-state index contributed by atoms with van der Waals surface area (Å²) < 4.78 is 11.5. The summed E-state index contributed by atoms with van der Waals surface area (Å²) in [7, 11) is 0. The molecule has 310 valence electrons. The quantitative estimate of drug-likeness (QED) is 0.0462. The van der Waals surface area contributed by atoms with Crippen LogP contribution in [0.2, 0.25) is 0 Å². The summed E-state index contributed by atoms with van der Waals surface area (Å²) in [5.41, 5.74) is 0. The highest BCUT2D eigenvalue weighted by Gasteiger charge is 2.24. The summed E-state index contributed by atoms with van der Waals surface area (Å²) in [5, 5.41) is 0. The van der Waals surface area contributed by atoms with E-state index >= 15 is 0 Å². The molecule has 0 radical (unpaired) electrons. The van der Waals surface area contributed by atoms with Gasteiger partial charge in [-0.2, -0.15) is 0 Å². The molecule has 0 spiro atoms. The third-order valence-corrected chi connectivity index (χ3v) is 11.1. The van der Waals surface area contributed by atoms with E-state index in [1.165, 1.54) is 212 Å². The van der Waals surface area contributed by atoms with Gasteiger partial charge in [0.1, 0.15) is 0 Å². The highest BCUT2D eigenvalue weighted by Crippen LogP contribution is 2.18. The topological polar surface area (TPSA) is 52.6 Å². The maximum Gasteiger partial charge on any atom is 0.347 e. The smallest absolute Gasteiger partial charge is 0.347 e. The summed E-state index contributed by atoms with van der Waals surface area (Å²) in [4.78, 5) is 25.8. The predicted octanol–water partition coefficient (Wildman–Crippen LogP) is 16.5. The van der Waals surface area contributed by atoms with E-state index in [-0.39, 0.29) is 11.9 Å². The van der Waals surface area contributed by atoms with Crippen LogP contribution in [0.3, 0.4) is 0 Å². The minimum absolute atomic E-state index is 0.222. The van der Waals surface area contributed by atoms with Crippen molar-refractivity contribution in [3.63, 3.8) is 0 Å². The number of carbonyl (C=O) groups excluding carboxylic acids is 2. The molecule has 0 aromatic heterocycles. The van der Waals surface area contributed by atoms with Crippen LogP contribution >= 0.6 is 0 Å². The van der Waals surface area contributed by atoms with E-state index < -0.39 is 6.10 Å².